The molecular weight excluding hydrogens is 454 g/mol. The van der Waals surface area contributed by atoms with Crippen molar-refractivity contribution >= 4 is 27.5 Å². The van der Waals surface area contributed by atoms with Crippen LogP contribution in [-0.2, 0) is 19.7 Å². The molecule has 0 bridgehead atoms. The summed E-state index contributed by atoms with van der Waals surface area (Å²) in [7, 11) is 3.32. The Morgan fingerprint density at radius 3 is 2.17 bits per heavy atom. The maximum absolute atomic E-state index is 6.21. The first-order valence-electron chi connectivity index (χ1n) is 9.17. The fourth-order valence-corrected chi connectivity index (χ4v) is 3.59. The van der Waals surface area contributed by atoms with Gasteiger partial charge in [-0.15, -0.1) is 0 Å². The Morgan fingerprint density at radius 1 is 0.793 bits per heavy atom. The monoisotopic (exact) mass is 475 g/mol. The third-order valence-corrected chi connectivity index (χ3v) is 5.60. The van der Waals surface area contributed by atoms with Crippen LogP contribution < -0.4 is 19.5 Å². The van der Waals surface area contributed by atoms with Crippen LogP contribution in [0.1, 0.15) is 16.7 Å². The van der Waals surface area contributed by atoms with E-state index in [1.54, 1.807) is 14.2 Å². The van der Waals surface area contributed by atoms with Gasteiger partial charge in [-0.05, 0) is 29.8 Å². The summed E-state index contributed by atoms with van der Waals surface area (Å²) in [6, 6.07) is 19.5. The van der Waals surface area contributed by atoms with Crippen LogP contribution in [-0.4, -0.2) is 14.2 Å². The van der Waals surface area contributed by atoms with Gasteiger partial charge in [0.25, 0.3) is 0 Å². The van der Waals surface area contributed by atoms with E-state index in [-0.39, 0.29) is 0 Å². The molecule has 3 aromatic carbocycles. The molecule has 3 rings (SSSR count). The summed E-state index contributed by atoms with van der Waals surface area (Å²) >= 11 is 9.85. The largest absolute Gasteiger partial charge is 0.496 e. The van der Waals surface area contributed by atoms with E-state index in [0.717, 1.165) is 26.9 Å². The van der Waals surface area contributed by atoms with Crippen LogP contribution in [0.25, 0.3) is 0 Å². The number of halogens is 2. The zero-order chi connectivity index (χ0) is 20.6. The van der Waals surface area contributed by atoms with Gasteiger partial charge in [0.2, 0.25) is 0 Å². The Kier molecular flexibility index (Phi) is 7.81. The van der Waals surface area contributed by atoms with Crippen LogP contribution in [0.4, 0.5) is 0 Å². The highest BCUT2D eigenvalue weighted by Crippen LogP contribution is 2.34. The quantitative estimate of drug-likeness (QED) is 0.412. The van der Waals surface area contributed by atoms with Crippen molar-refractivity contribution in [3.05, 3.63) is 86.8 Å². The second kappa shape index (κ2) is 10.5. The zero-order valence-electron chi connectivity index (χ0n) is 16.4. The molecule has 0 aliphatic rings. The van der Waals surface area contributed by atoms with Gasteiger partial charge in [-0.2, -0.15) is 0 Å². The lowest BCUT2D eigenvalue weighted by Gasteiger charge is -2.15. The van der Waals surface area contributed by atoms with Crippen molar-refractivity contribution in [2.24, 2.45) is 0 Å². The Morgan fingerprint density at radius 2 is 1.45 bits per heavy atom. The Labute approximate surface area is 184 Å². The van der Waals surface area contributed by atoms with Crippen molar-refractivity contribution in [2.75, 3.05) is 14.2 Å². The van der Waals surface area contributed by atoms with Crippen LogP contribution in [0.2, 0.25) is 5.02 Å². The molecule has 1 N–H and O–H groups in total. The molecular formula is C23H23BrClNO3. The molecule has 0 saturated heterocycles. The Bertz CT molecular complexity index is 965. The van der Waals surface area contributed by atoms with E-state index in [1.165, 1.54) is 0 Å². The SMILES string of the molecule is COc1ccccc1CNCc1cc(OC)c(OCc2ccccc2Cl)cc1Br. The maximum Gasteiger partial charge on any atom is 0.162 e. The van der Waals surface area contributed by atoms with Crippen molar-refractivity contribution in [1.82, 2.24) is 5.32 Å². The van der Waals surface area contributed by atoms with Gasteiger partial charge in [-0.25, -0.2) is 0 Å². The number of para-hydroxylation sites is 1. The lowest BCUT2D eigenvalue weighted by Crippen LogP contribution is -2.14. The van der Waals surface area contributed by atoms with E-state index in [2.05, 4.69) is 21.2 Å². The van der Waals surface area contributed by atoms with Crippen molar-refractivity contribution in [2.45, 2.75) is 19.7 Å². The van der Waals surface area contributed by atoms with Crippen LogP contribution in [0.3, 0.4) is 0 Å². The number of hydrogen-bond donors (Lipinski definition) is 1. The van der Waals surface area contributed by atoms with E-state index in [1.807, 2.05) is 60.7 Å². The lowest BCUT2D eigenvalue weighted by molar-refractivity contribution is 0.284. The van der Waals surface area contributed by atoms with Gasteiger partial charge in [-0.1, -0.05) is 63.9 Å². The Hall–Kier alpha value is -2.21. The number of rotatable bonds is 9. The number of benzene rings is 3. The summed E-state index contributed by atoms with van der Waals surface area (Å²) in [4.78, 5) is 0. The van der Waals surface area contributed by atoms with Crippen molar-refractivity contribution in [3.63, 3.8) is 0 Å². The molecule has 0 atom stereocenters. The second-order valence-electron chi connectivity index (χ2n) is 6.39. The second-order valence-corrected chi connectivity index (χ2v) is 7.65. The van der Waals surface area contributed by atoms with Crippen molar-refractivity contribution in [1.29, 1.82) is 0 Å². The molecule has 0 fully saturated rings. The Balaban J connectivity index is 1.67. The minimum Gasteiger partial charge on any atom is -0.496 e. The average molecular weight is 477 g/mol. The van der Waals surface area contributed by atoms with Crippen LogP contribution in [0.5, 0.6) is 17.2 Å². The molecule has 0 aliphatic heterocycles. The molecule has 29 heavy (non-hydrogen) atoms. The molecule has 0 radical (unpaired) electrons. The minimum absolute atomic E-state index is 0.369. The molecule has 0 aliphatic carbocycles. The third kappa shape index (κ3) is 5.66. The van der Waals surface area contributed by atoms with Crippen molar-refractivity contribution < 1.29 is 14.2 Å². The molecule has 0 saturated carbocycles. The molecule has 0 unspecified atom stereocenters. The first-order chi connectivity index (χ1) is 14.1. The van der Waals surface area contributed by atoms with Crippen LogP contribution >= 0.6 is 27.5 Å². The van der Waals surface area contributed by atoms with Gasteiger partial charge >= 0.3 is 0 Å². The standard InChI is InChI=1S/C23H23BrClNO3/c1-27-21-10-6-4-7-16(21)13-26-14-18-11-22(28-2)23(12-19(18)24)29-15-17-8-3-5-9-20(17)25/h3-12,26H,13-15H2,1-2H3. The van der Waals surface area contributed by atoms with E-state index in [4.69, 9.17) is 25.8 Å². The van der Waals surface area contributed by atoms with E-state index < -0.39 is 0 Å². The van der Waals surface area contributed by atoms with Gasteiger partial charge in [0.15, 0.2) is 11.5 Å². The van der Waals surface area contributed by atoms with Gasteiger partial charge < -0.3 is 19.5 Å². The summed E-state index contributed by atoms with van der Waals surface area (Å²) in [5.74, 6) is 2.21. The molecule has 0 amide bonds. The smallest absolute Gasteiger partial charge is 0.162 e. The molecule has 0 aromatic heterocycles. The molecule has 0 heterocycles. The predicted molar refractivity (Wildman–Crippen MR) is 120 cm³/mol. The van der Waals surface area contributed by atoms with Crippen LogP contribution in [0, 0.1) is 0 Å². The maximum atomic E-state index is 6.21. The highest BCUT2D eigenvalue weighted by Gasteiger charge is 2.12. The first kappa shape index (κ1) is 21.5. The normalized spacial score (nSPS) is 10.6. The van der Waals surface area contributed by atoms with E-state index in [9.17, 15) is 0 Å². The predicted octanol–water partition coefficient (Wildman–Crippen LogP) is 5.99. The highest BCUT2D eigenvalue weighted by atomic mass is 79.9. The molecule has 3 aromatic rings. The summed E-state index contributed by atoms with van der Waals surface area (Å²) in [6.45, 7) is 1.73. The average Bonchev–Trinajstić information content (AvgIpc) is 2.74. The lowest BCUT2D eigenvalue weighted by atomic mass is 10.1. The number of hydrogen-bond acceptors (Lipinski definition) is 4. The van der Waals surface area contributed by atoms with Gasteiger partial charge in [0.05, 0.1) is 14.2 Å². The summed E-state index contributed by atoms with van der Waals surface area (Å²) in [5.41, 5.74) is 3.11. The number of methoxy groups -OCH3 is 2. The minimum atomic E-state index is 0.369. The van der Waals surface area contributed by atoms with Gasteiger partial charge in [-0.3, -0.25) is 0 Å². The van der Waals surface area contributed by atoms with Crippen LogP contribution in [0.15, 0.2) is 65.1 Å². The highest BCUT2D eigenvalue weighted by molar-refractivity contribution is 9.10. The summed E-state index contributed by atoms with van der Waals surface area (Å²) in [5, 5.41) is 4.13. The number of nitrogens with one attached hydrogen (secondary N) is 1. The molecule has 6 heteroatoms. The van der Waals surface area contributed by atoms with Crippen molar-refractivity contribution in [3.8, 4) is 17.2 Å². The fraction of sp³-hybridized carbons (Fsp3) is 0.217. The number of ether oxygens (including phenoxy) is 3. The van der Waals surface area contributed by atoms with Gasteiger partial charge in [0.1, 0.15) is 12.4 Å². The summed E-state index contributed by atoms with van der Waals surface area (Å²) in [6.07, 6.45) is 0. The fourth-order valence-electron chi connectivity index (χ4n) is 2.94. The van der Waals surface area contributed by atoms with E-state index >= 15 is 0 Å². The zero-order valence-corrected chi connectivity index (χ0v) is 18.7. The molecule has 4 nitrogen and oxygen atoms in total. The molecule has 0 spiro atoms. The topological polar surface area (TPSA) is 39.7 Å². The van der Waals surface area contributed by atoms with E-state index in [0.29, 0.717) is 36.2 Å². The third-order valence-electron chi connectivity index (χ3n) is 4.50. The van der Waals surface area contributed by atoms with Gasteiger partial charge in [0, 0.05) is 33.7 Å². The molecule has 152 valence electrons. The first-order valence-corrected chi connectivity index (χ1v) is 10.3. The summed E-state index contributed by atoms with van der Waals surface area (Å²) < 4.78 is 17.8.